The lowest BCUT2D eigenvalue weighted by Crippen LogP contribution is -2.57. The molecule has 0 radical (unpaired) electrons. The monoisotopic (exact) mass is 498 g/mol. The molecule has 35 heavy (non-hydrogen) atoms. The van der Waals surface area contributed by atoms with E-state index in [-0.39, 0.29) is 13.4 Å². The highest BCUT2D eigenvalue weighted by Crippen LogP contribution is 2.33. The Bertz CT molecular complexity index is 1130. The number of fused-ring (bicyclic) bond motifs is 1. The van der Waals surface area contributed by atoms with Gasteiger partial charge in [-0.15, -0.1) is 0 Å². The Morgan fingerprint density at radius 1 is 1.11 bits per heavy atom. The molecule has 1 fully saturated rings. The van der Waals surface area contributed by atoms with Gasteiger partial charge in [-0.25, -0.2) is 4.99 Å². The molecule has 3 aliphatic rings. The molecule has 0 unspecified atom stereocenters. The summed E-state index contributed by atoms with van der Waals surface area (Å²) in [6.45, 7) is 5.96. The maximum Gasteiger partial charge on any atom is 0.321 e. The Morgan fingerprint density at radius 2 is 1.86 bits per heavy atom. The third-order valence-electron chi connectivity index (χ3n) is 6.36. The minimum atomic E-state index is -1.05. The van der Waals surface area contributed by atoms with Crippen LogP contribution in [0.3, 0.4) is 0 Å². The molecule has 2 aromatic carbocycles. The second kappa shape index (κ2) is 10.1. The summed E-state index contributed by atoms with van der Waals surface area (Å²) < 4.78 is 16.0. The van der Waals surface area contributed by atoms with Crippen LogP contribution in [0, 0.1) is 5.92 Å². The molecular weight excluding hydrogens is 472 g/mol. The standard InChI is InChI=1S/C25H27ClN4O5/c1-2-33-24(32)21-22(17-4-6-18(26)7-5-17)27-25(28-23(21)31)30-11-9-29(10-12-30)14-16-3-8-19-20(13-16)35-15-34-19/h3-8,13,21-22H,2,9-12,14-15H2,1H3,(H,27,28,31)/t21-,22-/m1/s1. The van der Waals surface area contributed by atoms with Gasteiger partial charge in [-0.05, 0) is 42.3 Å². The van der Waals surface area contributed by atoms with Crippen molar-refractivity contribution in [2.24, 2.45) is 10.9 Å². The minimum absolute atomic E-state index is 0.192. The van der Waals surface area contributed by atoms with Crippen LogP contribution in [0.15, 0.2) is 47.5 Å². The van der Waals surface area contributed by atoms with Crippen molar-refractivity contribution in [1.29, 1.82) is 0 Å². The number of nitrogens with zero attached hydrogens (tertiary/aromatic N) is 3. The van der Waals surface area contributed by atoms with Crippen LogP contribution in [0.5, 0.6) is 11.5 Å². The molecular formula is C25H27ClN4O5. The van der Waals surface area contributed by atoms with Crippen molar-refractivity contribution >= 4 is 29.4 Å². The third kappa shape index (κ3) is 5.06. The van der Waals surface area contributed by atoms with E-state index in [1.165, 1.54) is 0 Å². The maximum absolute atomic E-state index is 13.0. The molecule has 184 valence electrons. The van der Waals surface area contributed by atoms with Gasteiger partial charge in [0, 0.05) is 37.7 Å². The lowest BCUT2D eigenvalue weighted by molar-refractivity contribution is -0.153. The molecule has 5 rings (SSSR count). The number of ether oxygens (including phenoxy) is 3. The number of benzene rings is 2. The molecule has 0 aliphatic carbocycles. The lowest BCUT2D eigenvalue weighted by atomic mass is 9.91. The largest absolute Gasteiger partial charge is 0.465 e. The molecule has 1 N–H and O–H groups in total. The molecule has 9 nitrogen and oxygen atoms in total. The van der Waals surface area contributed by atoms with E-state index < -0.39 is 23.8 Å². The molecule has 3 heterocycles. The average Bonchev–Trinajstić information content (AvgIpc) is 3.32. The predicted octanol–water partition coefficient (Wildman–Crippen LogP) is 2.59. The number of piperazine rings is 1. The molecule has 0 spiro atoms. The van der Waals surface area contributed by atoms with Crippen LogP contribution < -0.4 is 14.8 Å². The number of guanidine groups is 1. The number of carbonyl (C=O) groups excluding carboxylic acids is 2. The molecule has 3 aliphatic heterocycles. The first-order valence-electron chi connectivity index (χ1n) is 11.7. The maximum atomic E-state index is 13.0. The van der Waals surface area contributed by atoms with Crippen molar-refractivity contribution < 1.29 is 23.8 Å². The number of hydrogen-bond acceptors (Lipinski definition) is 8. The van der Waals surface area contributed by atoms with Crippen molar-refractivity contribution in [3.63, 3.8) is 0 Å². The molecule has 2 atom stereocenters. The van der Waals surface area contributed by atoms with Gasteiger partial charge in [0.2, 0.25) is 18.7 Å². The Kier molecular flexibility index (Phi) is 6.79. The summed E-state index contributed by atoms with van der Waals surface area (Å²) in [7, 11) is 0. The van der Waals surface area contributed by atoms with Crippen molar-refractivity contribution in [3.05, 3.63) is 58.6 Å². The van der Waals surface area contributed by atoms with Gasteiger partial charge in [0.05, 0.1) is 6.61 Å². The summed E-state index contributed by atoms with van der Waals surface area (Å²) in [6, 6.07) is 12.4. The highest BCUT2D eigenvalue weighted by Gasteiger charge is 2.42. The second-order valence-electron chi connectivity index (χ2n) is 8.62. The van der Waals surface area contributed by atoms with E-state index in [0.717, 1.165) is 42.3 Å². The average molecular weight is 499 g/mol. The quantitative estimate of drug-likeness (QED) is 0.500. The first kappa shape index (κ1) is 23.4. The number of aliphatic imine (C=N–C) groups is 1. The van der Waals surface area contributed by atoms with Crippen molar-refractivity contribution in [1.82, 2.24) is 15.1 Å². The SMILES string of the molecule is CCOC(=O)[C@H]1C(=O)NC(N2CCN(Cc3ccc4c(c3)OCO4)CC2)=N[C@@H]1c1ccc(Cl)cc1. The highest BCUT2D eigenvalue weighted by molar-refractivity contribution is 6.30. The molecule has 1 saturated heterocycles. The Balaban J connectivity index is 1.29. The zero-order valence-electron chi connectivity index (χ0n) is 19.4. The van der Waals surface area contributed by atoms with Gasteiger partial charge in [0.15, 0.2) is 17.4 Å². The number of carbonyl (C=O) groups is 2. The number of rotatable bonds is 5. The molecule has 1 amide bonds. The summed E-state index contributed by atoms with van der Waals surface area (Å²) in [6.07, 6.45) is 0. The van der Waals surface area contributed by atoms with Gasteiger partial charge in [0.1, 0.15) is 6.04 Å². The first-order chi connectivity index (χ1) is 17.0. The highest BCUT2D eigenvalue weighted by atomic mass is 35.5. The number of esters is 1. The zero-order chi connectivity index (χ0) is 24.4. The van der Waals surface area contributed by atoms with Crippen LogP contribution in [0.2, 0.25) is 5.02 Å². The van der Waals surface area contributed by atoms with Crippen LogP contribution in [-0.4, -0.2) is 67.2 Å². The fraction of sp³-hybridized carbons (Fsp3) is 0.400. The van der Waals surface area contributed by atoms with Crippen LogP contribution in [0.1, 0.15) is 24.1 Å². The summed E-state index contributed by atoms with van der Waals surface area (Å²) in [5, 5.41) is 3.41. The summed E-state index contributed by atoms with van der Waals surface area (Å²) in [5.41, 5.74) is 1.90. The normalized spacial score (nSPS) is 21.9. The van der Waals surface area contributed by atoms with Gasteiger partial charge in [0.25, 0.3) is 0 Å². The minimum Gasteiger partial charge on any atom is -0.465 e. The summed E-state index contributed by atoms with van der Waals surface area (Å²) in [5.74, 6) is 0.00803. The van der Waals surface area contributed by atoms with Gasteiger partial charge < -0.3 is 19.1 Å². The lowest BCUT2D eigenvalue weighted by Gasteiger charge is -2.39. The fourth-order valence-electron chi connectivity index (χ4n) is 4.54. The van der Waals surface area contributed by atoms with E-state index in [1.54, 1.807) is 31.2 Å². The first-order valence-corrected chi connectivity index (χ1v) is 12.1. The van der Waals surface area contributed by atoms with E-state index in [1.807, 2.05) is 12.1 Å². The van der Waals surface area contributed by atoms with Crippen molar-refractivity contribution in [2.75, 3.05) is 39.6 Å². The van der Waals surface area contributed by atoms with Gasteiger partial charge in [-0.2, -0.15) is 0 Å². The topological polar surface area (TPSA) is 92.7 Å². The van der Waals surface area contributed by atoms with Crippen LogP contribution in [0.4, 0.5) is 0 Å². The third-order valence-corrected chi connectivity index (χ3v) is 6.61. The van der Waals surface area contributed by atoms with Gasteiger partial charge in [-0.1, -0.05) is 29.8 Å². The second-order valence-corrected chi connectivity index (χ2v) is 9.06. The summed E-state index contributed by atoms with van der Waals surface area (Å²) >= 11 is 6.04. The van der Waals surface area contributed by atoms with Crippen molar-refractivity contribution in [3.8, 4) is 11.5 Å². The van der Waals surface area contributed by atoms with Crippen LogP contribution in [0.25, 0.3) is 0 Å². The Morgan fingerprint density at radius 3 is 2.60 bits per heavy atom. The van der Waals surface area contributed by atoms with E-state index in [2.05, 4.69) is 21.2 Å². The number of halogens is 1. The fourth-order valence-corrected chi connectivity index (χ4v) is 4.67. The van der Waals surface area contributed by atoms with Crippen LogP contribution >= 0.6 is 11.6 Å². The van der Waals surface area contributed by atoms with Gasteiger partial charge >= 0.3 is 5.97 Å². The van der Waals surface area contributed by atoms with E-state index in [4.69, 9.17) is 30.8 Å². The smallest absolute Gasteiger partial charge is 0.321 e. The van der Waals surface area contributed by atoms with E-state index in [9.17, 15) is 9.59 Å². The van der Waals surface area contributed by atoms with E-state index in [0.29, 0.717) is 24.1 Å². The molecule has 0 saturated carbocycles. The molecule has 2 aromatic rings. The molecule has 10 heteroatoms. The predicted molar refractivity (Wildman–Crippen MR) is 129 cm³/mol. The Hall–Kier alpha value is -3.30. The number of hydrogen-bond donors (Lipinski definition) is 1. The van der Waals surface area contributed by atoms with Gasteiger partial charge in [-0.3, -0.25) is 19.8 Å². The van der Waals surface area contributed by atoms with E-state index >= 15 is 0 Å². The van der Waals surface area contributed by atoms with Crippen molar-refractivity contribution in [2.45, 2.75) is 19.5 Å². The number of amides is 1. The Labute approximate surface area is 208 Å². The molecule has 0 aromatic heterocycles. The molecule has 0 bridgehead atoms. The van der Waals surface area contributed by atoms with Crippen LogP contribution in [-0.2, 0) is 20.9 Å². The zero-order valence-corrected chi connectivity index (χ0v) is 20.2. The number of nitrogens with one attached hydrogen (secondary N) is 1. The summed E-state index contributed by atoms with van der Waals surface area (Å²) in [4.78, 5) is 34.9.